The van der Waals surface area contributed by atoms with Crippen molar-refractivity contribution in [3.63, 3.8) is 0 Å². The molecule has 0 bridgehead atoms. The maximum absolute atomic E-state index is 15.4. The van der Waals surface area contributed by atoms with Crippen molar-refractivity contribution in [2.75, 3.05) is 31.2 Å². The molecular weight excluding hydrogens is 388 g/mol. The van der Waals surface area contributed by atoms with Gasteiger partial charge in [-0.15, -0.1) is 0 Å². The maximum Gasteiger partial charge on any atom is 0.318 e. The number of methoxy groups -OCH3 is 1. The van der Waals surface area contributed by atoms with Gasteiger partial charge in [-0.3, -0.25) is 4.98 Å². The van der Waals surface area contributed by atoms with Gasteiger partial charge in [-0.2, -0.15) is 9.97 Å². The van der Waals surface area contributed by atoms with Crippen LogP contribution in [0.25, 0.3) is 32.4 Å². The highest BCUT2D eigenvalue weighted by Crippen LogP contribution is 2.36. The van der Waals surface area contributed by atoms with Crippen molar-refractivity contribution in [1.82, 2.24) is 19.9 Å². The Labute approximate surface area is 161 Å². The topological polar surface area (TPSA) is 125 Å². The van der Waals surface area contributed by atoms with Crippen LogP contribution in [0.4, 0.5) is 19.7 Å². The monoisotopic (exact) mass is 403 g/mol. The highest BCUT2D eigenvalue weighted by atomic mass is 32.1. The standard InChI is InChI=1S/C17H15F2N7OS/c1-27-17-25-12-8(15(26-17)22-5-4-20)6-23-11(10(12)19)7-2-3-9(18)14-13(7)24-16(21)28-14/h2-3,6H,4-5,20H2,1H3,(H2,21,24)(H,22,25,26). The Morgan fingerprint density at radius 2 is 2.00 bits per heavy atom. The van der Waals surface area contributed by atoms with Gasteiger partial charge in [0, 0.05) is 24.8 Å². The third kappa shape index (κ3) is 2.94. The third-order valence-electron chi connectivity index (χ3n) is 4.05. The van der Waals surface area contributed by atoms with Gasteiger partial charge in [0.15, 0.2) is 10.9 Å². The molecule has 0 fully saturated rings. The molecule has 0 radical (unpaired) electrons. The summed E-state index contributed by atoms with van der Waals surface area (Å²) in [5, 5.41) is 3.55. The number of thiazole rings is 1. The van der Waals surface area contributed by atoms with Gasteiger partial charge in [0.2, 0.25) is 0 Å². The molecule has 4 rings (SSSR count). The van der Waals surface area contributed by atoms with E-state index in [-0.39, 0.29) is 32.6 Å². The molecule has 144 valence electrons. The SMILES string of the molecule is COc1nc(NCCN)c2cnc(-c3ccc(F)c4sc(N)nc34)c(F)c2n1. The van der Waals surface area contributed by atoms with Gasteiger partial charge < -0.3 is 21.5 Å². The first-order chi connectivity index (χ1) is 13.5. The molecule has 3 heterocycles. The summed E-state index contributed by atoms with van der Waals surface area (Å²) in [5.74, 6) is -0.827. The molecule has 28 heavy (non-hydrogen) atoms. The highest BCUT2D eigenvalue weighted by molar-refractivity contribution is 7.22. The minimum atomic E-state index is -0.700. The quantitative estimate of drug-likeness (QED) is 0.464. The molecule has 0 amide bonds. The van der Waals surface area contributed by atoms with Crippen LogP contribution in [0.15, 0.2) is 18.3 Å². The van der Waals surface area contributed by atoms with E-state index in [1.165, 1.54) is 25.4 Å². The molecule has 0 saturated carbocycles. The van der Waals surface area contributed by atoms with Crippen LogP contribution in [0.1, 0.15) is 0 Å². The van der Waals surface area contributed by atoms with Crippen molar-refractivity contribution in [2.45, 2.75) is 0 Å². The molecule has 4 aromatic rings. The van der Waals surface area contributed by atoms with Crippen LogP contribution in [0.5, 0.6) is 6.01 Å². The van der Waals surface area contributed by atoms with E-state index in [0.717, 1.165) is 11.3 Å². The Hall–Kier alpha value is -3.18. The first-order valence-corrected chi connectivity index (χ1v) is 9.04. The second kappa shape index (κ2) is 7.09. The van der Waals surface area contributed by atoms with E-state index in [1.807, 2.05) is 0 Å². The lowest BCUT2D eigenvalue weighted by atomic mass is 10.1. The Kier molecular flexibility index (Phi) is 4.61. The Morgan fingerprint density at radius 3 is 2.75 bits per heavy atom. The Morgan fingerprint density at radius 1 is 1.18 bits per heavy atom. The van der Waals surface area contributed by atoms with Gasteiger partial charge in [0.25, 0.3) is 0 Å². The number of nitrogens with two attached hydrogens (primary N) is 2. The van der Waals surface area contributed by atoms with Crippen LogP contribution in [-0.2, 0) is 0 Å². The Bertz CT molecular complexity index is 1200. The van der Waals surface area contributed by atoms with Crippen molar-refractivity contribution in [2.24, 2.45) is 5.73 Å². The van der Waals surface area contributed by atoms with Gasteiger partial charge >= 0.3 is 6.01 Å². The summed E-state index contributed by atoms with van der Waals surface area (Å²) in [6.07, 6.45) is 1.44. The lowest BCUT2D eigenvalue weighted by Gasteiger charge is -2.11. The van der Waals surface area contributed by atoms with Gasteiger partial charge in [-0.25, -0.2) is 13.8 Å². The van der Waals surface area contributed by atoms with E-state index >= 15 is 4.39 Å². The van der Waals surface area contributed by atoms with Crippen LogP contribution in [0.2, 0.25) is 0 Å². The summed E-state index contributed by atoms with van der Waals surface area (Å²) < 4.78 is 34.8. The zero-order valence-electron chi connectivity index (χ0n) is 14.7. The van der Waals surface area contributed by atoms with Gasteiger partial charge in [0.1, 0.15) is 22.8 Å². The average Bonchev–Trinajstić information content (AvgIpc) is 3.09. The van der Waals surface area contributed by atoms with E-state index < -0.39 is 11.6 Å². The normalized spacial score (nSPS) is 11.3. The fraction of sp³-hybridized carbons (Fsp3) is 0.176. The molecule has 3 aromatic heterocycles. The summed E-state index contributed by atoms with van der Waals surface area (Å²) in [5.41, 5.74) is 11.8. The van der Waals surface area contributed by atoms with Gasteiger partial charge in [-0.1, -0.05) is 11.3 Å². The predicted molar refractivity (Wildman–Crippen MR) is 104 cm³/mol. The van der Waals surface area contributed by atoms with Crippen LogP contribution in [0, 0.1) is 11.6 Å². The smallest absolute Gasteiger partial charge is 0.318 e. The number of nitrogens with one attached hydrogen (secondary N) is 1. The van der Waals surface area contributed by atoms with E-state index in [9.17, 15) is 4.39 Å². The second-order valence-electron chi connectivity index (χ2n) is 5.78. The number of benzene rings is 1. The third-order valence-corrected chi connectivity index (χ3v) is 4.94. The van der Waals surface area contributed by atoms with Crippen molar-refractivity contribution in [1.29, 1.82) is 0 Å². The first kappa shape index (κ1) is 18.2. The number of anilines is 2. The number of nitrogens with zero attached hydrogens (tertiary/aromatic N) is 4. The van der Waals surface area contributed by atoms with Crippen molar-refractivity contribution in [3.8, 4) is 17.3 Å². The molecular formula is C17H15F2N7OS. The van der Waals surface area contributed by atoms with Gasteiger partial charge in [0.05, 0.1) is 22.7 Å². The van der Waals surface area contributed by atoms with Crippen molar-refractivity contribution < 1.29 is 13.5 Å². The van der Waals surface area contributed by atoms with Crippen molar-refractivity contribution >= 4 is 43.4 Å². The molecule has 11 heteroatoms. The van der Waals surface area contributed by atoms with E-state index in [2.05, 4.69) is 25.3 Å². The fourth-order valence-electron chi connectivity index (χ4n) is 2.82. The molecule has 8 nitrogen and oxygen atoms in total. The zero-order chi connectivity index (χ0) is 19.8. The number of ether oxygens (including phenoxy) is 1. The van der Waals surface area contributed by atoms with Crippen molar-refractivity contribution in [3.05, 3.63) is 30.0 Å². The molecule has 0 aliphatic heterocycles. The molecule has 0 aliphatic rings. The van der Waals surface area contributed by atoms with Crippen LogP contribution in [0.3, 0.4) is 0 Å². The minimum Gasteiger partial charge on any atom is -0.467 e. The summed E-state index contributed by atoms with van der Waals surface area (Å²) in [6.45, 7) is 0.788. The molecule has 0 aliphatic carbocycles. The first-order valence-electron chi connectivity index (χ1n) is 8.22. The van der Waals surface area contributed by atoms with E-state index in [0.29, 0.717) is 29.9 Å². The molecule has 0 unspecified atom stereocenters. The number of aromatic nitrogens is 4. The number of hydrogen-bond donors (Lipinski definition) is 3. The summed E-state index contributed by atoms with van der Waals surface area (Å²) >= 11 is 0.989. The van der Waals surface area contributed by atoms with E-state index in [1.54, 1.807) is 0 Å². The number of nitrogen functional groups attached to an aromatic ring is 1. The molecule has 1 aromatic carbocycles. The van der Waals surface area contributed by atoms with Crippen LogP contribution >= 0.6 is 11.3 Å². The minimum absolute atomic E-state index is 0.00905. The molecule has 0 atom stereocenters. The lowest BCUT2D eigenvalue weighted by molar-refractivity contribution is 0.382. The summed E-state index contributed by atoms with van der Waals surface area (Å²) in [4.78, 5) is 16.7. The molecule has 5 N–H and O–H groups in total. The second-order valence-corrected chi connectivity index (χ2v) is 6.81. The number of hydrogen-bond acceptors (Lipinski definition) is 9. The summed E-state index contributed by atoms with van der Waals surface area (Å²) in [6, 6.07) is 2.64. The Balaban J connectivity index is 1.97. The number of rotatable bonds is 5. The maximum atomic E-state index is 15.4. The largest absolute Gasteiger partial charge is 0.467 e. The zero-order valence-corrected chi connectivity index (χ0v) is 15.5. The highest BCUT2D eigenvalue weighted by Gasteiger charge is 2.21. The molecule has 0 saturated heterocycles. The lowest BCUT2D eigenvalue weighted by Crippen LogP contribution is -2.15. The van der Waals surface area contributed by atoms with Crippen LogP contribution < -0.4 is 21.5 Å². The van der Waals surface area contributed by atoms with Crippen LogP contribution in [-0.4, -0.2) is 40.1 Å². The number of fused-ring (bicyclic) bond motifs is 2. The molecule has 0 spiro atoms. The predicted octanol–water partition coefficient (Wildman–Crippen LogP) is 2.54. The average molecular weight is 403 g/mol. The number of pyridine rings is 1. The fourth-order valence-corrected chi connectivity index (χ4v) is 3.59. The number of halogens is 2. The van der Waals surface area contributed by atoms with Gasteiger partial charge in [-0.05, 0) is 12.1 Å². The summed E-state index contributed by atoms with van der Waals surface area (Å²) in [7, 11) is 1.38. The van der Waals surface area contributed by atoms with E-state index in [4.69, 9.17) is 16.2 Å².